The van der Waals surface area contributed by atoms with Crippen molar-refractivity contribution in [2.45, 2.75) is 44.8 Å². The average Bonchev–Trinajstić information content (AvgIpc) is 3.16. The number of carbonyl (C=O) groups excluding carboxylic acids is 1. The normalized spacial score (nSPS) is 23.3. The number of benzene rings is 1. The summed E-state index contributed by atoms with van der Waals surface area (Å²) >= 11 is 0. The van der Waals surface area contributed by atoms with Crippen LogP contribution in [0.1, 0.15) is 42.0 Å². The van der Waals surface area contributed by atoms with Crippen LogP contribution in [0, 0.1) is 6.92 Å². The Morgan fingerprint density at radius 2 is 1.97 bits per heavy atom. The molecule has 0 saturated carbocycles. The lowest BCUT2D eigenvalue weighted by molar-refractivity contribution is -0.148. The molecule has 2 atom stereocenters. The van der Waals surface area contributed by atoms with Gasteiger partial charge in [-0.25, -0.2) is 0 Å². The number of carbonyl (C=O) groups is 1. The number of amides is 1. The van der Waals surface area contributed by atoms with Crippen LogP contribution in [0.25, 0.3) is 0 Å². The van der Waals surface area contributed by atoms with Crippen LogP contribution in [0.15, 0.2) is 36.7 Å². The Hall–Kier alpha value is -2.18. The summed E-state index contributed by atoms with van der Waals surface area (Å²) in [5.74, 6) is 0.167. The zero-order valence-electron chi connectivity index (χ0n) is 17.6. The van der Waals surface area contributed by atoms with Gasteiger partial charge in [-0.3, -0.25) is 9.48 Å². The van der Waals surface area contributed by atoms with Gasteiger partial charge in [0.25, 0.3) is 0 Å². The minimum Gasteiger partial charge on any atom is -0.373 e. The fourth-order valence-electron chi connectivity index (χ4n) is 4.62. The van der Waals surface area contributed by atoms with E-state index in [0.717, 1.165) is 36.3 Å². The predicted molar refractivity (Wildman–Crippen MR) is 113 cm³/mol. The van der Waals surface area contributed by atoms with Crippen molar-refractivity contribution in [3.8, 4) is 0 Å². The van der Waals surface area contributed by atoms with E-state index in [-0.39, 0.29) is 18.1 Å². The van der Waals surface area contributed by atoms with Crippen molar-refractivity contribution in [2.24, 2.45) is 7.05 Å². The average molecular weight is 397 g/mol. The molecule has 0 unspecified atom stereocenters. The minimum absolute atomic E-state index is 0.0214. The predicted octanol–water partition coefficient (Wildman–Crippen LogP) is 2.73. The molecule has 29 heavy (non-hydrogen) atoms. The lowest BCUT2D eigenvalue weighted by Crippen LogP contribution is -2.52. The fourth-order valence-corrected chi connectivity index (χ4v) is 4.62. The van der Waals surface area contributed by atoms with E-state index in [1.54, 1.807) is 0 Å². The second-order valence-corrected chi connectivity index (χ2v) is 8.35. The molecule has 0 radical (unpaired) electrons. The first-order chi connectivity index (χ1) is 14.1. The third kappa shape index (κ3) is 4.70. The minimum atomic E-state index is -0.0871. The number of aromatic nitrogens is 2. The van der Waals surface area contributed by atoms with Gasteiger partial charge in [0.2, 0.25) is 5.91 Å². The lowest BCUT2D eigenvalue weighted by Gasteiger charge is -2.43. The molecule has 156 valence electrons. The van der Waals surface area contributed by atoms with E-state index in [9.17, 15) is 4.79 Å². The maximum absolute atomic E-state index is 13.4. The summed E-state index contributed by atoms with van der Waals surface area (Å²) in [4.78, 5) is 17.9. The van der Waals surface area contributed by atoms with Gasteiger partial charge in [-0.1, -0.05) is 30.7 Å². The molecule has 2 fully saturated rings. The van der Waals surface area contributed by atoms with Gasteiger partial charge >= 0.3 is 0 Å². The number of hydrogen-bond donors (Lipinski definition) is 0. The molecular weight excluding hydrogens is 364 g/mol. The molecule has 6 nitrogen and oxygen atoms in total. The fraction of sp³-hybridized carbons (Fsp3) is 0.565. The Balaban J connectivity index is 1.56. The Bertz CT molecular complexity index is 828. The van der Waals surface area contributed by atoms with Crippen LogP contribution < -0.4 is 0 Å². The maximum Gasteiger partial charge on any atom is 0.227 e. The van der Waals surface area contributed by atoms with E-state index in [2.05, 4.69) is 29.1 Å². The summed E-state index contributed by atoms with van der Waals surface area (Å²) in [5, 5.41) is 4.37. The zero-order chi connectivity index (χ0) is 20.2. The van der Waals surface area contributed by atoms with Crippen LogP contribution >= 0.6 is 0 Å². The number of hydrogen-bond acceptors (Lipinski definition) is 4. The number of likely N-dealkylation sites (tertiary alicyclic amines) is 1. The molecule has 2 aliphatic heterocycles. The van der Waals surface area contributed by atoms with Crippen molar-refractivity contribution in [1.82, 2.24) is 19.6 Å². The van der Waals surface area contributed by atoms with Gasteiger partial charge in [0, 0.05) is 31.9 Å². The third-order valence-corrected chi connectivity index (χ3v) is 6.23. The van der Waals surface area contributed by atoms with Crippen LogP contribution in [0.2, 0.25) is 0 Å². The Labute approximate surface area is 173 Å². The van der Waals surface area contributed by atoms with E-state index < -0.39 is 0 Å². The Kier molecular flexibility index (Phi) is 6.31. The summed E-state index contributed by atoms with van der Waals surface area (Å²) < 4.78 is 8.05. The summed E-state index contributed by atoms with van der Waals surface area (Å²) in [5.41, 5.74) is 3.32. The Morgan fingerprint density at radius 3 is 2.69 bits per heavy atom. The number of morpholine rings is 1. The summed E-state index contributed by atoms with van der Waals surface area (Å²) in [7, 11) is 1.92. The number of aryl methyl sites for hydroxylation is 2. The van der Waals surface area contributed by atoms with Crippen LogP contribution in [0.4, 0.5) is 0 Å². The third-order valence-electron chi connectivity index (χ3n) is 6.23. The zero-order valence-corrected chi connectivity index (χ0v) is 17.6. The SMILES string of the molecule is Cc1ccccc1CC(=O)N1CCO[C@@H](CN2CCCCC2)[C@@H]1c1cnn(C)c1. The van der Waals surface area contributed by atoms with Gasteiger partial charge in [-0.15, -0.1) is 0 Å². The van der Waals surface area contributed by atoms with Crippen LogP contribution in [0.3, 0.4) is 0 Å². The highest BCUT2D eigenvalue weighted by Crippen LogP contribution is 2.31. The van der Waals surface area contributed by atoms with Crippen molar-refractivity contribution in [1.29, 1.82) is 0 Å². The van der Waals surface area contributed by atoms with E-state index in [1.165, 1.54) is 19.3 Å². The molecule has 1 amide bonds. The molecule has 3 heterocycles. The number of nitrogens with zero attached hydrogens (tertiary/aromatic N) is 4. The van der Waals surface area contributed by atoms with Crippen molar-refractivity contribution >= 4 is 5.91 Å². The molecule has 2 aliphatic rings. The standard InChI is InChI=1S/C23H32N4O2/c1-18-8-4-5-9-19(18)14-22(28)27-12-13-29-21(17-26-10-6-3-7-11-26)23(27)20-15-24-25(2)16-20/h4-5,8-9,15-16,21,23H,3,6-7,10-14,17H2,1-2H3/t21-,23-/m0/s1. The highest BCUT2D eigenvalue weighted by Gasteiger charge is 2.38. The number of ether oxygens (including phenoxy) is 1. The summed E-state index contributed by atoms with van der Waals surface area (Å²) in [6, 6.07) is 8.06. The van der Waals surface area contributed by atoms with Crippen LogP contribution in [0.5, 0.6) is 0 Å². The van der Waals surface area contributed by atoms with Gasteiger partial charge in [0.05, 0.1) is 31.4 Å². The van der Waals surface area contributed by atoms with Crippen molar-refractivity contribution < 1.29 is 9.53 Å². The van der Waals surface area contributed by atoms with E-state index in [4.69, 9.17) is 4.74 Å². The number of rotatable bonds is 5. The van der Waals surface area contributed by atoms with Crippen molar-refractivity contribution in [2.75, 3.05) is 32.8 Å². The number of piperidine rings is 1. The summed E-state index contributed by atoms with van der Waals surface area (Å²) in [6.07, 6.45) is 8.13. The van der Waals surface area contributed by atoms with Gasteiger partial charge in [0.1, 0.15) is 0 Å². The molecule has 0 spiro atoms. The van der Waals surface area contributed by atoms with Gasteiger partial charge < -0.3 is 14.5 Å². The molecule has 0 bridgehead atoms. The molecule has 0 N–H and O–H groups in total. The van der Waals surface area contributed by atoms with Crippen molar-refractivity contribution in [3.63, 3.8) is 0 Å². The highest BCUT2D eigenvalue weighted by molar-refractivity contribution is 5.79. The largest absolute Gasteiger partial charge is 0.373 e. The first kappa shape index (κ1) is 20.1. The molecule has 2 saturated heterocycles. The molecule has 6 heteroatoms. The lowest BCUT2D eigenvalue weighted by atomic mass is 9.97. The topological polar surface area (TPSA) is 50.6 Å². The van der Waals surface area contributed by atoms with Crippen LogP contribution in [-0.4, -0.2) is 64.4 Å². The monoisotopic (exact) mass is 396 g/mol. The molecule has 1 aromatic carbocycles. The van der Waals surface area contributed by atoms with Gasteiger partial charge in [0.15, 0.2) is 0 Å². The first-order valence-electron chi connectivity index (χ1n) is 10.8. The van der Waals surface area contributed by atoms with Gasteiger partial charge in [-0.2, -0.15) is 5.10 Å². The van der Waals surface area contributed by atoms with E-state index >= 15 is 0 Å². The van der Waals surface area contributed by atoms with Crippen molar-refractivity contribution in [3.05, 3.63) is 53.3 Å². The summed E-state index contributed by atoms with van der Waals surface area (Å²) in [6.45, 7) is 6.40. The van der Waals surface area contributed by atoms with Crippen LogP contribution in [-0.2, 0) is 23.0 Å². The highest BCUT2D eigenvalue weighted by atomic mass is 16.5. The second-order valence-electron chi connectivity index (χ2n) is 8.35. The first-order valence-corrected chi connectivity index (χ1v) is 10.8. The molecular formula is C23H32N4O2. The van der Waals surface area contributed by atoms with E-state index in [1.807, 2.05) is 41.2 Å². The van der Waals surface area contributed by atoms with E-state index in [0.29, 0.717) is 19.6 Å². The second kappa shape index (κ2) is 9.09. The molecule has 0 aliphatic carbocycles. The quantitative estimate of drug-likeness (QED) is 0.780. The molecule has 4 rings (SSSR count). The Morgan fingerprint density at radius 1 is 1.17 bits per heavy atom. The molecule has 1 aromatic heterocycles. The maximum atomic E-state index is 13.4. The van der Waals surface area contributed by atoms with Gasteiger partial charge in [-0.05, 0) is 44.0 Å². The molecule has 2 aromatic rings. The smallest absolute Gasteiger partial charge is 0.227 e.